The highest BCUT2D eigenvalue weighted by atomic mass is 16.5. The molecule has 1 aromatic heterocycles. The predicted octanol–water partition coefficient (Wildman–Crippen LogP) is 1.34. The SMILES string of the molecule is Nc1nc(COC2CC2)cc(N2CCCC2)n1. The van der Waals surface area contributed by atoms with Crippen LogP contribution >= 0.6 is 0 Å². The Morgan fingerprint density at radius 3 is 2.76 bits per heavy atom. The third kappa shape index (κ3) is 2.66. The number of hydrogen-bond donors (Lipinski definition) is 1. The molecule has 2 N–H and O–H groups in total. The maximum Gasteiger partial charge on any atom is 0.222 e. The van der Waals surface area contributed by atoms with Gasteiger partial charge in [-0.05, 0) is 25.7 Å². The van der Waals surface area contributed by atoms with Crippen LogP contribution < -0.4 is 10.6 Å². The van der Waals surface area contributed by atoms with E-state index in [1.54, 1.807) is 0 Å². The maximum atomic E-state index is 5.74. The van der Waals surface area contributed by atoms with Crippen LogP contribution in [0.2, 0.25) is 0 Å². The normalized spacial score (nSPS) is 19.9. The minimum absolute atomic E-state index is 0.351. The van der Waals surface area contributed by atoms with Crippen molar-refractivity contribution in [1.82, 2.24) is 9.97 Å². The van der Waals surface area contributed by atoms with Crippen molar-refractivity contribution in [3.05, 3.63) is 11.8 Å². The van der Waals surface area contributed by atoms with Crippen LogP contribution in [0.3, 0.4) is 0 Å². The summed E-state index contributed by atoms with van der Waals surface area (Å²) in [4.78, 5) is 10.8. The van der Waals surface area contributed by atoms with Gasteiger partial charge < -0.3 is 15.4 Å². The highest BCUT2D eigenvalue weighted by Crippen LogP contribution is 2.25. The first-order valence-electron chi connectivity index (χ1n) is 6.31. The number of nitrogen functional groups attached to an aromatic ring is 1. The fraction of sp³-hybridized carbons (Fsp3) is 0.667. The Morgan fingerprint density at radius 1 is 1.29 bits per heavy atom. The Balaban J connectivity index is 1.73. The standard InChI is InChI=1S/C12H18N4O/c13-12-14-9(8-17-10-3-4-10)7-11(15-12)16-5-1-2-6-16/h7,10H,1-6,8H2,(H2,13,14,15). The zero-order valence-electron chi connectivity index (χ0n) is 9.93. The van der Waals surface area contributed by atoms with E-state index in [2.05, 4.69) is 14.9 Å². The quantitative estimate of drug-likeness (QED) is 0.851. The number of nitrogens with two attached hydrogens (primary N) is 1. The zero-order chi connectivity index (χ0) is 11.7. The molecule has 0 aromatic carbocycles. The molecule has 0 spiro atoms. The van der Waals surface area contributed by atoms with Gasteiger partial charge in [0.2, 0.25) is 5.95 Å². The predicted molar refractivity (Wildman–Crippen MR) is 65.7 cm³/mol. The van der Waals surface area contributed by atoms with Gasteiger partial charge in [-0.3, -0.25) is 0 Å². The minimum atomic E-state index is 0.351. The fourth-order valence-corrected chi connectivity index (χ4v) is 2.12. The van der Waals surface area contributed by atoms with Gasteiger partial charge in [-0.15, -0.1) is 0 Å². The van der Waals surface area contributed by atoms with Crippen molar-refractivity contribution in [2.45, 2.75) is 38.4 Å². The zero-order valence-corrected chi connectivity index (χ0v) is 9.93. The van der Waals surface area contributed by atoms with E-state index in [0.29, 0.717) is 18.7 Å². The van der Waals surface area contributed by atoms with Crippen molar-refractivity contribution in [2.24, 2.45) is 0 Å². The summed E-state index contributed by atoms with van der Waals surface area (Å²) < 4.78 is 5.65. The van der Waals surface area contributed by atoms with Crippen LogP contribution in [0.1, 0.15) is 31.4 Å². The summed E-state index contributed by atoms with van der Waals surface area (Å²) in [5.41, 5.74) is 6.64. The Labute approximate surface area is 101 Å². The van der Waals surface area contributed by atoms with Gasteiger partial charge in [0.1, 0.15) is 5.82 Å². The largest absolute Gasteiger partial charge is 0.372 e. The van der Waals surface area contributed by atoms with Crippen LogP contribution in [0.25, 0.3) is 0 Å². The Bertz CT molecular complexity index is 399. The molecule has 1 aromatic rings. The number of aromatic nitrogens is 2. The number of ether oxygens (including phenoxy) is 1. The molecule has 17 heavy (non-hydrogen) atoms. The van der Waals surface area contributed by atoms with Crippen molar-refractivity contribution in [1.29, 1.82) is 0 Å². The summed E-state index contributed by atoms with van der Waals surface area (Å²) in [5.74, 6) is 1.30. The summed E-state index contributed by atoms with van der Waals surface area (Å²) >= 11 is 0. The van der Waals surface area contributed by atoms with Crippen LogP contribution in [0.5, 0.6) is 0 Å². The summed E-state index contributed by atoms with van der Waals surface area (Å²) in [6.07, 6.45) is 5.27. The minimum Gasteiger partial charge on any atom is -0.372 e. The average molecular weight is 234 g/mol. The molecule has 0 unspecified atom stereocenters. The Hall–Kier alpha value is -1.36. The molecule has 3 rings (SSSR count). The van der Waals surface area contributed by atoms with Crippen LogP contribution in [0, 0.1) is 0 Å². The number of nitrogens with zero attached hydrogens (tertiary/aromatic N) is 3. The lowest BCUT2D eigenvalue weighted by atomic mass is 10.4. The number of rotatable bonds is 4. The molecule has 0 atom stereocenters. The molecule has 0 bridgehead atoms. The van der Waals surface area contributed by atoms with Gasteiger partial charge in [-0.2, -0.15) is 4.98 Å². The van der Waals surface area contributed by atoms with Crippen molar-refractivity contribution in [3.8, 4) is 0 Å². The second-order valence-electron chi connectivity index (χ2n) is 4.78. The van der Waals surface area contributed by atoms with E-state index in [9.17, 15) is 0 Å². The molecule has 5 nitrogen and oxygen atoms in total. The van der Waals surface area contributed by atoms with Crippen LogP contribution in [0.15, 0.2) is 6.07 Å². The summed E-state index contributed by atoms with van der Waals surface area (Å²) in [7, 11) is 0. The topological polar surface area (TPSA) is 64.3 Å². The molecule has 1 saturated heterocycles. The molecule has 0 radical (unpaired) electrons. The van der Waals surface area contributed by atoms with E-state index in [4.69, 9.17) is 10.5 Å². The number of hydrogen-bond acceptors (Lipinski definition) is 5. The van der Waals surface area contributed by atoms with Gasteiger partial charge in [0.25, 0.3) is 0 Å². The fourth-order valence-electron chi connectivity index (χ4n) is 2.12. The van der Waals surface area contributed by atoms with Crippen molar-refractivity contribution < 1.29 is 4.74 Å². The van der Waals surface area contributed by atoms with Gasteiger partial charge in [-0.25, -0.2) is 4.98 Å². The molecule has 5 heteroatoms. The van der Waals surface area contributed by atoms with E-state index in [1.165, 1.54) is 25.7 Å². The first-order valence-corrected chi connectivity index (χ1v) is 6.31. The molecule has 92 valence electrons. The molecule has 1 saturated carbocycles. The van der Waals surface area contributed by atoms with E-state index < -0.39 is 0 Å². The van der Waals surface area contributed by atoms with Crippen LogP contribution in [-0.2, 0) is 11.3 Å². The Kier molecular flexibility index (Phi) is 2.84. The highest BCUT2D eigenvalue weighted by molar-refractivity contribution is 5.44. The molecule has 2 heterocycles. The molecule has 2 aliphatic rings. The van der Waals surface area contributed by atoms with Gasteiger partial charge in [0, 0.05) is 19.2 Å². The lowest BCUT2D eigenvalue weighted by Gasteiger charge is -2.17. The highest BCUT2D eigenvalue weighted by Gasteiger charge is 2.22. The van der Waals surface area contributed by atoms with Gasteiger partial charge in [0.15, 0.2) is 0 Å². The molecule has 1 aliphatic carbocycles. The van der Waals surface area contributed by atoms with Gasteiger partial charge >= 0.3 is 0 Å². The van der Waals surface area contributed by atoms with Crippen LogP contribution in [0.4, 0.5) is 11.8 Å². The van der Waals surface area contributed by atoms with Gasteiger partial charge in [0.05, 0.1) is 18.4 Å². The lowest BCUT2D eigenvalue weighted by molar-refractivity contribution is 0.103. The van der Waals surface area contributed by atoms with Crippen LogP contribution in [-0.4, -0.2) is 29.2 Å². The molecular weight excluding hydrogens is 216 g/mol. The van der Waals surface area contributed by atoms with Crippen molar-refractivity contribution in [3.63, 3.8) is 0 Å². The summed E-state index contributed by atoms with van der Waals surface area (Å²) in [6.45, 7) is 2.69. The second kappa shape index (κ2) is 4.49. The summed E-state index contributed by atoms with van der Waals surface area (Å²) in [5, 5.41) is 0. The lowest BCUT2D eigenvalue weighted by Crippen LogP contribution is -2.20. The summed E-state index contributed by atoms with van der Waals surface area (Å²) in [6, 6.07) is 2.00. The van der Waals surface area contributed by atoms with E-state index in [-0.39, 0.29) is 0 Å². The van der Waals surface area contributed by atoms with Gasteiger partial charge in [-0.1, -0.05) is 0 Å². The van der Waals surface area contributed by atoms with E-state index >= 15 is 0 Å². The first-order chi connectivity index (χ1) is 8.31. The average Bonchev–Trinajstić information content (AvgIpc) is 2.98. The number of anilines is 2. The second-order valence-corrected chi connectivity index (χ2v) is 4.78. The molecule has 0 amide bonds. The van der Waals surface area contributed by atoms with E-state index in [0.717, 1.165) is 24.6 Å². The molecular formula is C12H18N4O. The maximum absolute atomic E-state index is 5.74. The molecule has 1 aliphatic heterocycles. The molecule has 2 fully saturated rings. The monoisotopic (exact) mass is 234 g/mol. The Morgan fingerprint density at radius 2 is 2.06 bits per heavy atom. The van der Waals surface area contributed by atoms with Crippen molar-refractivity contribution >= 4 is 11.8 Å². The smallest absolute Gasteiger partial charge is 0.222 e. The third-order valence-electron chi connectivity index (χ3n) is 3.20. The third-order valence-corrected chi connectivity index (χ3v) is 3.20. The first kappa shape index (κ1) is 10.8. The van der Waals surface area contributed by atoms with Crippen molar-refractivity contribution in [2.75, 3.05) is 23.7 Å². The van der Waals surface area contributed by atoms with E-state index in [1.807, 2.05) is 6.07 Å².